The lowest BCUT2D eigenvalue weighted by Crippen LogP contribution is -1.95. The van der Waals surface area contributed by atoms with Crippen LogP contribution in [0.25, 0.3) is 0 Å². The zero-order valence-electron chi connectivity index (χ0n) is 9.37. The van der Waals surface area contributed by atoms with Gasteiger partial charge in [0, 0.05) is 10.2 Å². The van der Waals surface area contributed by atoms with E-state index in [-0.39, 0.29) is 0 Å². The Hall–Kier alpha value is -1.79. The first-order valence-electron chi connectivity index (χ1n) is 5.23. The van der Waals surface area contributed by atoms with Crippen molar-refractivity contribution in [2.45, 2.75) is 6.92 Å². The Morgan fingerprint density at radius 2 is 1.76 bits per heavy atom. The molecule has 0 atom stereocenters. The Morgan fingerprint density at radius 1 is 1.06 bits per heavy atom. The van der Waals surface area contributed by atoms with E-state index in [1.54, 1.807) is 0 Å². The SMILES string of the molecule is Cc1ccccc1Nc1cccc(Br)c1C#N. The van der Waals surface area contributed by atoms with Crippen molar-refractivity contribution in [1.29, 1.82) is 5.26 Å². The number of anilines is 2. The van der Waals surface area contributed by atoms with Crippen LogP contribution in [-0.4, -0.2) is 0 Å². The van der Waals surface area contributed by atoms with Crippen molar-refractivity contribution in [3.63, 3.8) is 0 Å². The van der Waals surface area contributed by atoms with Crippen LogP contribution in [0.15, 0.2) is 46.9 Å². The van der Waals surface area contributed by atoms with Gasteiger partial charge in [-0.05, 0) is 46.6 Å². The lowest BCUT2D eigenvalue weighted by atomic mass is 10.1. The van der Waals surface area contributed by atoms with Crippen molar-refractivity contribution in [2.24, 2.45) is 0 Å². The summed E-state index contributed by atoms with van der Waals surface area (Å²) in [6.07, 6.45) is 0. The molecule has 0 spiro atoms. The molecule has 3 heteroatoms. The number of hydrogen-bond acceptors (Lipinski definition) is 2. The van der Waals surface area contributed by atoms with Crippen molar-refractivity contribution in [3.8, 4) is 6.07 Å². The lowest BCUT2D eigenvalue weighted by molar-refractivity contribution is 1.40. The first-order chi connectivity index (χ1) is 8.22. The zero-order chi connectivity index (χ0) is 12.3. The molecular formula is C14H11BrN2. The minimum atomic E-state index is 0.621. The van der Waals surface area contributed by atoms with Gasteiger partial charge in [-0.3, -0.25) is 0 Å². The topological polar surface area (TPSA) is 35.8 Å². The number of nitriles is 1. The molecule has 0 aromatic heterocycles. The van der Waals surface area contributed by atoms with Gasteiger partial charge >= 0.3 is 0 Å². The van der Waals surface area contributed by atoms with E-state index >= 15 is 0 Å². The fourth-order valence-corrected chi connectivity index (χ4v) is 2.06. The fraction of sp³-hybridized carbons (Fsp3) is 0.0714. The molecule has 0 aliphatic carbocycles. The Kier molecular flexibility index (Phi) is 3.46. The quantitative estimate of drug-likeness (QED) is 0.890. The molecule has 2 aromatic rings. The molecule has 0 heterocycles. The number of nitrogens with zero attached hydrogens (tertiary/aromatic N) is 1. The van der Waals surface area contributed by atoms with E-state index < -0.39 is 0 Å². The van der Waals surface area contributed by atoms with Gasteiger partial charge in [-0.15, -0.1) is 0 Å². The van der Waals surface area contributed by atoms with Gasteiger partial charge in [-0.25, -0.2) is 0 Å². The molecule has 2 aromatic carbocycles. The maximum Gasteiger partial charge on any atom is 0.103 e. The second-order valence-corrected chi connectivity index (χ2v) is 4.57. The summed E-state index contributed by atoms with van der Waals surface area (Å²) in [5.41, 5.74) is 3.60. The normalized spacial score (nSPS) is 9.71. The van der Waals surface area contributed by atoms with Crippen molar-refractivity contribution < 1.29 is 0 Å². The molecule has 17 heavy (non-hydrogen) atoms. The highest BCUT2D eigenvalue weighted by Crippen LogP contribution is 2.27. The molecule has 0 amide bonds. The number of para-hydroxylation sites is 1. The third-order valence-electron chi connectivity index (χ3n) is 2.54. The van der Waals surface area contributed by atoms with Crippen molar-refractivity contribution in [1.82, 2.24) is 0 Å². The highest BCUT2D eigenvalue weighted by Gasteiger charge is 2.06. The van der Waals surface area contributed by atoms with Crippen molar-refractivity contribution in [3.05, 3.63) is 58.1 Å². The summed E-state index contributed by atoms with van der Waals surface area (Å²) in [7, 11) is 0. The van der Waals surface area contributed by atoms with Crippen LogP contribution in [0.2, 0.25) is 0 Å². The first-order valence-corrected chi connectivity index (χ1v) is 6.03. The van der Waals surface area contributed by atoms with E-state index in [2.05, 4.69) is 27.3 Å². The van der Waals surface area contributed by atoms with E-state index in [1.165, 1.54) is 0 Å². The first kappa shape index (κ1) is 11.7. The zero-order valence-corrected chi connectivity index (χ0v) is 11.0. The third kappa shape index (κ3) is 2.48. The van der Waals surface area contributed by atoms with E-state index in [0.717, 1.165) is 21.4 Å². The second kappa shape index (κ2) is 5.03. The molecule has 2 nitrogen and oxygen atoms in total. The largest absolute Gasteiger partial charge is 0.354 e. The Morgan fingerprint density at radius 3 is 2.47 bits per heavy atom. The predicted octanol–water partition coefficient (Wildman–Crippen LogP) is 4.37. The number of aryl methyl sites for hydroxylation is 1. The molecule has 0 radical (unpaired) electrons. The van der Waals surface area contributed by atoms with Gasteiger partial charge in [0.25, 0.3) is 0 Å². The van der Waals surface area contributed by atoms with Crippen LogP contribution in [0.4, 0.5) is 11.4 Å². The van der Waals surface area contributed by atoms with Gasteiger partial charge in [-0.2, -0.15) is 5.26 Å². The molecule has 0 bridgehead atoms. The highest BCUT2D eigenvalue weighted by atomic mass is 79.9. The summed E-state index contributed by atoms with van der Waals surface area (Å²) < 4.78 is 0.804. The van der Waals surface area contributed by atoms with Crippen LogP contribution >= 0.6 is 15.9 Å². The van der Waals surface area contributed by atoms with Crippen LogP contribution in [0.1, 0.15) is 11.1 Å². The average molecular weight is 287 g/mol. The molecule has 0 saturated heterocycles. The summed E-state index contributed by atoms with van der Waals surface area (Å²) in [6, 6.07) is 15.9. The molecule has 0 aliphatic rings. The standard InChI is InChI=1S/C14H11BrN2/c1-10-5-2-3-7-13(10)17-14-8-4-6-12(15)11(14)9-16/h2-8,17H,1H3. The summed E-state index contributed by atoms with van der Waals surface area (Å²) in [4.78, 5) is 0. The van der Waals surface area contributed by atoms with Crippen LogP contribution in [-0.2, 0) is 0 Å². The summed E-state index contributed by atoms with van der Waals surface area (Å²) in [5.74, 6) is 0. The minimum absolute atomic E-state index is 0.621. The van der Waals surface area contributed by atoms with Gasteiger partial charge in [0.15, 0.2) is 0 Å². The summed E-state index contributed by atoms with van der Waals surface area (Å²) >= 11 is 3.38. The van der Waals surface area contributed by atoms with Gasteiger partial charge < -0.3 is 5.32 Å². The molecule has 84 valence electrons. The van der Waals surface area contributed by atoms with E-state index in [1.807, 2.05) is 49.4 Å². The van der Waals surface area contributed by atoms with Crippen LogP contribution in [0, 0.1) is 18.3 Å². The molecule has 0 unspecified atom stereocenters. The summed E-state index contributed by atoms with van der Waals surface area (Å²) in [5, 5.41) is 12.4. The predicted molar refractivity (Wildman–Crippen MR) is 73.3 cm³/mol. The fourth-order valence-electron chi connectivity index (χ4n) is 1.60. The van der Waals surface area contributed by atoms with Gasteiger partial charge in [0.2, 0.25) is 0 Å². The maximum absolute atomic E-state index is 9.13. The van der Waals surface area contributed by atoms with E-state index in [9.17, 15) is 0 Å². The molecule has 2 rings (SSSR count). The van der Waals surface area contributed by atoms with Crippen LogP contribution in [0.5, 0.6) is 0 Å². The maximum atomic E-state index is 9.13. The smallest absolute Gasteiger partial charge is 0.103 e. The molecule has 0 saturated carbocycles. The number of hydrogen-bond donors (Lipinski definition) is 1. The van der Waals surface area contributed by atoms with Crippen molar-refractivity contribution in [2.75, 3.05) is 5.32 Å². The van der Waals surface area contributed by atoms with Gasteiger partial charge in [0.05, 0.1) is 11.3 Å². The lowest BCUT2D eigenvalue weighted by Gasteiger charge is -2.11. The minimum Gasteiger partial charge on any atom is -0.354 e. The number of rotatable bonds is 2. The Labute approximate surface area is 109 Å². The molecule has 0 fully saturated rings. The van der Waals surface area contributed by atoms with Crippen LogP contribution < -0.4 is 5.32 Å². The molecule has 0 aliphatic heterocycles. The molecular weight excluding hydrogens is 276 g/mol. The Balaban J connectivity index is 2.41. The van der Waals surface area contributed by atoms with E-state index in [0.29, 0.717) is 5.56 Å². The number of nitrogens with one attached hydrogen (secondary N) is 1. The van der Waals surface area contributed by atoms with Gasteiger partial charge in [0.1, 0.15) is 6.07 Å². The third-order valence-corrected chi connectivity index (χ3v) is 3.20. The Bertz CT molecular complexity index is 585. The average Bonchev–Trinajstić information content (AvgIpc) is 2.32. The van der Waals surface area contributed by atoms with Crippen molar-refractivity contribution >= 4 is 27.3 Å². The number of halogens is 1. The van der Waals surface area contributed by atoms with Crippen LogP contribution in [0.3, 0.4) is 0 Å². The molecule has 1 N–H and O–H groups in total. The second-order valence-electron chi connectivity index (χ2n) is 3.71. The number of benzene rings is 2. The summed E-state index contributed by atoms with van der Waals surface area (Å²) in [6.45, 7) is 2.03. The van der Waals surface area contributed by atoms with Gasteiger partial charge in [-0.1, -0.05) is 24.3 Å². The van der Waals surface area contributed by atoms with E-state index in [4.69, 9.17) is 5.26 Å². The highest BCUT2D eigenvalue weighted by molar-refractivity contribution is 9.10. The monoisotopic (exact) mass is 286 g/mol.